The average Bonchev–Trinajstić information content (AvgIpc) is 2.88. The summed E-state index contributed by atoms with van der Waals surface area (Å²) in [5.74, 6) is 1.31. The highest BCUT2D eigenvalue weighted by Crippen LogP contribution is 2.51. The van der Waals surface area contributed by atoms with E-state index in [9.17, 15) is 0 Å². The summed E-state index contributed by atoms with van der Waals surface area (Å²) in [4.78, 5) is 4.11. The van der Waals surface area contributed by atoms with Gasteiger partial charge in [-0.1, -0.05) is 13.8 Å². The third-order valence-corrected chi connectivity index (χ3v) is 6.94. The van der Waals surface area contributed by atoms with Gasteiger partial charge in [-0.05, 0) is 12.8 Å². The van der Waals surface area contributed by atoms with Crippen molar-refractivity contribution in [3.63, 3.8) is 0 Å². The van der Waals surface area contributed by atoms with Crippen molar-refractivity contribution in [1.29, 1.82) is 0 Å². The SMILES string of the molecule is CCC1CSC(CC)(Cn2ccnc2)S1. The molecule has 1 aromatic heterocycles. The summed E-state index contributed by atoms with van der Waals surface area (Å²) in [6, 6.07) is 0. The summed E-state index contributed by atoms with van der Waals surface area (Å²) in [5.41, 5.74) is 0. The van der Waals surface area contributed by atoms with Gasteiger partial charge in [-0.2, -0.15) is 0 Å². The van der Waals surface area contributed by atoms with E-state index in [0.717, 1.165) is 11.8 Å². The zero-order chi connectivity index (χ0) is 10.7. The van der Waals surface area contributed by atoms with Crippen LogP contribution in [0.15, 0.2) is 18.7 Å². The second-order valence-corrected chi connectivity index (χ2v) is 7.30. The van der Waals surface area contributed by atoms with Crippen LogP contribution in [0.3, 0.4) is 0 Å². The van der Waals surface area contributed by atoms with Gasteiger partial charge in [0, 0.05) is 29.9 Å². The lowest BCUT2D eigenvalue weighted by atomic mass is 10.3. The molecule has 15 heavy (non-hydrogen) atoms. The molecule has 1 aliphatic rings. The Morgan fingerprint density at radius 3 is 2.93 bits per heavy atom. The predicted octanol–water partition coefficient (Wildman–Crippen LogP) is 3.25. The number of hydrogen-bond donors (Lipinski definition) is 0. The summed E-state index contributed by atoms with van der Waals surface area (Å²) in [5, 5.41) is 0.846. The molecule has 0 aliphatic carbocycles. The molecule has 84 valence electrons. The van der Waals surface area contributed by atoms with Crippen LogP contribution in [0.2, 0.25) is 0 Å². The van der Waals surface area contributed by atoms with E-state index in [1.165, 1.54) is 18.6 Å². The Hall–Kier alpha value is -0.0900. The number of nitrogens with zero attached hydrogens (tertiary/aromatic N) is 2. The van der Waals surface area contributed by atoms with E-state index >= 15 is 0 Å². The van der Waals surface area contributed by atoms with Crippen molar-refractivity contribution >= 4 is 23.5 Å². The van der Waals surface area contributed by atoms with Crippen molar-refractivity contribution in [2.75, 3.05) is 5.75 Å². The Kier molecular flexibility index (Phi) is 3.67. The molecule has 0 saturated carbocycles. The fraction of sp³-hybridized carbons (Fsp3) is 0.727. The van der Waals surface area contributed by atoms with E-state index in [4.69, 9.17) is 0 Å². The van der Waals surface area contributed by atoms with Crippen LogP contribution in [0, 0.1) is 0 Å². The van der Waals surface area contributed by atoms with E-state index in [-0.39, 0.29) is 0 Å². The highest BCUT2D eigenvalue weighted by atomic mass is 32.2. The maximum Gasteiger partial charge on any atom is 0.0946 e. The Morgan fingerprint density at radius 1 is 1.53 bits per heavy atom. The zero-order valence-corrected chi connectivity index (χ0v) is 11.0. The third kappa shape index (κ3) is 2.53. The van der Waals surface area contributed by atoms with Crippen molar-refractivity contribution in [2.24, 2.45) is 0 Å². The summed E-state index contributed by atoms with van der Waals surface area (Å²) in [6.07, 6.45) is 8.39. The molecule has 0 amide bonds. The maximum absolute atomic E-state index is 4.11. The number of rotatable bonds is 4. The average molecular weight is 242 g/mol. The van der Waals surface area contributed by atoms with Gasteiger partial charge in [0.2, 0.25) is 0 Å². The van der Waals surface area contributed by atoms with Crippen LogP contribution in [0.4, 0.5) is 0 Å². The normalized spacial score (nSPS) is 30.9. The first-order valence-electron chi connectivity index (χ1n) is 5.55. The lowest BCUT2D eigenvalue weighted by molar-refractivity contribution is 0.614. The smallest absolute Gasteiger partial charge is 0.0946 e. The molecule has 1 fully saturated rings. The van der Waals surface area contributed by atoms with Gasteiger partial charge in [-0.25, -0.2) is 4.98 Å². The molecule has 4 heteroatoms. The Bertz CT molecular complexity index is 300. The van der Waals surface area contributed by atoms with Gasteiger partial charge < -0.3 is 4.57 Å². The largest absolute Gasteiger partial charge is 0.335 e. The second kappa shape index (κ2) is 4.83. The van der Waals surface area contributed by atoms with E-state index < -0.39 is 0 Å². The van der Waals surface area contributed by atoms with Gasteiger partial charge in [-0.3, -0.25) is 0 Å². The zero-order valence-electron chi connectivity index (χ0n) is 9.35. The molecule has 1 aliphatic heterocycles. The fourth-order valence-corrected chi connectivity index (χ4v) is 5.55. The number of aromatic nitrogens is 2. The summed E-state index contributed by atoms with van der Waals surface area (Å²) in [7, 11) is 0. The maximum atomic E-state index is 4.11. The van der Waals surface area contributed by atoms with Crippen LogP contribution >= 0.6 is 23.5 Å². The monoisotopic (exact) mass is 242 g/mol. The molecule has 2 atom stereocenters. The van der Waals surface area contributed by atoms with Crippen molar-refractivity contribution in [1.82, 2.24) is 9.55 Å². The van der Waals surface area contributed by atoms with Crippen molar-refractivity contribution < 1.29 is 0 Å². The molecule has 1 aromatic rings. The lowest BCUT2D eigenvalue weighted by Gasteiger charge is -2.26. The van der Waals surface area contributed by atoms with Crippen LogP contribution in [-0.2, 0) is 6.54 Å². The van der Waals surface area contributed by atoms with E-state index in [2.05, 4.69) is 53.1 Å². The van der Waals surface area contributed by atoms with Crippen LogP contribution < -0.4 is 0 Å². The molecule has 0 aromatic carbocycles. The molecule has 0 bridgehead atoms. The molecule has 0 N–H and O–H groups in total. The summed E-state index contributed by atoms with van der Waals surface area (Å²) < 4.78 is 2.60. The van der Waals surface area contributed by atoms with Crippen molar-refractivity contribution in [3.05, 3.63) is 18.7 Å². The molecule has 0 radical (unpaired) electrons. The lowest BCUT2D eigenvalue weighted by Crippen LogP contribution is -2.23. The first-order chi connectivity index (χ1) is 7.28. The standard InChI is InChI=1S/C11H18N2S2/c1-3-10-7-14-11(4-2,15-10)8-13-6-5-12-9-13/h5-6,9-10H,3-4,7-8H2,1-2H3. The van der Waals surface area contributed by atoms with Crippen LogP contribution in [-0.4, -0.2) is 24.6 Å². The molecule has 2 rings (SSSR count). The Morgan fingerprint density at radius 2 is 2.40 bits per heavy atom. The predicted molar refractivity (Wildman–Crippen MR) is 69.4 cm³/mol. The van der Waals surface area contributed by atoms with Crippen LogP contribution in [0.1, 0.15) is 26.7 Å². The molecule has 2 unspecified atom stereocenters. The Labute approximate surface area is 100 Å². The second-order valence-electron chi connectivity index (χ2n) is 3.96. The van der Waals surface area contributed by atoms with Crippen LogP contribution in [0.25, 0.3) is 0 Å². The van der Waals surface area contributed by atoms with Gasteiger partial charge in [0.25, 0.3) is 0 Å². The minimum absolute atomic E-state index is 0.390. The van der Waals surface area contributed by atoms with Gasteiger partial charge in [-0.15, -0.1) is 23.5 Å². The van der Waals surface area contributed by atoms with E-state index in [1.807, 2.05) is 12.5 Å². The summed E-state index contributed by atoms with van der Waals surface area (Å²) in [6.45, 7) is 5.69. The topological polar surface area (TPSA) is 17.8 Å². The van der Waals surface area contributed by atoms with E-state index in [0.29, 0.717) is 4.08 Å². The molecule has 2 heterocycles. The Balaban J connectivity index is 2.03. The third-order valence-electron chi connectivity index (χ3n) is 2.89. The minimum atomic E-state index is 0.390. The highest BCUT2D eigenvalue weighted by molar-refractivity contribution is 8.21. The van der Waals surface area contributed by atoms with Gasteiger partial charge in [0.05, 0.1) is 10.4 Å². The first kappa shape index (κ1) is 11.4. The molecule has 0 spiro atoms. The van der Waals surface area contributed by atoms with Gasteiger partial charge in [0.15, 0.2) is 0 Å². The van der Waals surface area contributed by atoms with Crippen molar-refractivity contribution in [3.8, 4) is 0 Å². The molecular formula is C11H18N2S2. The molecular weight excluding hydrogens is 224 g/mol. The fourth-order valence-electron chi connectivity index (χ4n) is 1.86. The van der Waals surface area contributed by atoms with E-state index in [1.54, 1.807) is 0 Å². The minimum Gasteiger partial charge on any atom is -0.335 e. The molecule has 2 nitrogen and oxygen atoms in total. The van der Waals surface area contributed by atoms with Gasteiger partial charge >= 0.3 is 0 Å². The number of hydrogen-bond acceptors (Lipinski definition) is 3. The van der Waals surface area contributed by atoms with Crippen molar-refractivity contribution in [2.45, 2.75) is 42.6 Å². The number of thioether (sulfide) groups is 2. The first-order valence-corrected chi connectivity index (χ1v) is 7.42. The molecule has 1 saturated heterocycles. The van der Waals surface area contributed by atoms with Crippen LogP contribution in [0.5, 0.6) is 0 Å². The van der Waals surface area contributed by atoms with Gasteiger partial charge in [0.1, 0.15) is 0 Å². The summed E-state index contributed by atoms with van der Waals surface area (Å²) >= 11 is 4.31. The number of imidazole rings is 1. The quantitative estimate of drug-likeness (QED) is 0.807. The highest BCUT2D eigenvalue weighted by Gasteiger charge is 2.38.